The summed E-state index contributed by atoms with van der Waals surface area (Å²) in [5.74, 6) is 2.08. The summed E-state index contributed by atoms with van der Waals surface area (Å²) >= 11 is 1.85. The number of hydrogen-bond donors (Lipinski definition) is 0. The molecule has 1 saturated heterocycles. The van der Waals surface area contributed by atoms with Gasteiger partial charge in [-0.15, -0.1) is 0 Å². The van der Waals surface area contributed by atoms with Gasteiger partial charge >= 0.3 is 7.12 Å². The van der Waals surface area contributed by atoms with Gasteiger partial charge in [-0.25, -0.2) is 0 Å². The van der Waals surface area contributed by atoms with Gasteiger partial charge in [0, 0.05) is 18.6 Å². The minimum absolute atomic E-state index is 0.0959. The molecule has 122 valence electrons. The summed E-state index contributed by atoms with van der Waals surface area (Å²) in [6, 6.07) is 4.18. The van der Waals surface area contributed by atoms with E-state index in [4.69, 9.17) is 14.0 Å². The van der Waals surface area contributed by atoms with Gasteiger partial charge in [0.05, 0.1) is 6.61 Å². The second kappa shape index (κ2) is 7.76. The molecule has 1 aliphatic rings. The molecule has 0 saturated carbocycles. The Hall–Kier alpha value is -0.645. The van der Waals surface area contributed by atoms with Crippen LogP contribution in [0.1, 0.15) is 31.4 Å². The summed E-state index contributed by atoms with van der Waals surface area (Å²) < 4.78 is 17.7. The van der Waals surface area contributed by atoms with Crippen molar-refractivity contribution in [3.8, 4) is 5.75 Å². The quantitative estimate of drug-likeness (QED) is 0.594. The fourth-order valence-corrected chi connectivity index (χ4v) is 3.05. The SMILES string of the molecule is CSCCCOc1cc(C)c(B2OCC(C)(C)CO2)c(C)c1. The summed E-state index contributed by atoms with van der Waals surface area (Å²) in [6.07, 6.45) is 3.19. The normalized spacial score (nSPS) is 17.6. The summed E-state index contributed by atoms with van der Waals surface area (Å²) in [6.45, 7) is 10.7. The Morgan fingerprint density at radius 2 is 1.77 bits per heavy atom. The Labute approximate surface area is 139 Å². The minimum atomic E-state index is -0.251. The van der Waals surface area contributed by atoms with E-state index in [-0.39, 0.29) is 12.5 Å². The van der Waals surface area contributed by atoms with Crippen LogP contribution in [0.5, 0.6) is 5.75 Å². The lowest BCUT2D eigenvalue weighted by Crippen LogP contribution is -2.49. The van der Waals surface area contributed by atoms with Crippen molar-refractivity contribution in [1.29, 1.82) is 0 Å². The van der Waals surface area contributed by atoms with E-state index in [0.717, 1.165) is 43.2 Å². The van der Waals surface area contributed by atoms with E-state index in [1.807, 2.05) is 11.8 Å². The molecule has 1 heterocycles. The third kappa shape index (κ3) is 4.67. The number of aryl methyl sites for hydroxylation is 2. The number of thioether (sulfide) groups is 1. The molecule has 5 heteroatoms. The Bertz CT molecular complexity index is 472. The fraction of sp³-hybridized carbons (Fsp3) is 0.647. The predicted molar refractivity (Wildman–Crippen MR) is 95.5 cm³/mol. The zero-order chi connectivity index (χ0) is 16.2. The predicted octanol–water partition coefficient (Wildman–Crippen LogP) is 3.20. The molecule has 0 radical (unpaired) electrons. The van der Waals surface area contributed by atoms with Gasteiger partial charge in [0.2, 0.25) is 0 Å². The van der Waals surface area contributed by atoms with E-state index < -0.39 is 0 Å². The zero-order valence-electron chi connectivity index (χ0n) is 14.4. The van der Waals surface area contributed by atoms with E-state index in [1.165, 1.54) is 11.1 Å². The lowest BCUT2D eigenvalue weighted by atomic mass is 9.71. The molecule has 0 amide bonds. The van der Waals surface area contributed by atoms with E-state index >= 15 is 0 Å². The molecule has 1 aromatic carbocycles. The molecule has 1 aliphatic heterocycles. The fourth-order valence-electron chi connectivity index (χ4n) is 2.64. The van der Waals surface area contributed by atoms with Crippen molar-refractivity contribution in [1.82, 2.24) is 0 Å². The van der Waals surface area contributed by atoms with Crippen LogP contribution in [0.2, 0.25) is 0 Å². The second-order valence-electron chi connectivity index (χ2n) is 6.78. The van der Waals surface area contributed by atoms with E-state index in [2.05, 4.69) is 46.1 Å². The molecule has 1 aromatic rings. The van der Waals surface area contributed by atoms with E-state index in [0.29, 0.717) is 0 Å². The molecule has 22 heavy (non-hydrogen) atoms. The van der Waals surface area contributed by atoms with Crippen LogP contribution in [-0.2, 0) is 9.31 Å². The molecule has 0 atom stereocenters. The highest BCUT2D eigenvalue weighted by molar-refractivity contribution is 7.98. The van der Waals surface area contributed by atoms with Gasteiger partial charge < -0.3 is 14.0 Å². The summed E-state index contributed by atoms with van der Waals surface area (Å²) in [7, 11) is -0.251. The van der Waals surface area contributed by atoms with Crippen LogP contribution in [0.3, 0.4) is 0 Å². The first-order valence-corrected chi connectivity index (χ1v) is 9.28. The molecule has 2 rings (SSSR count). The van der Waals surface area contributed by atoms with Crippen molar-refractivity contribution in [3.63, 3.8) is 0 Å². The number of rotatable bonds is 6. The van der Waals surface area contributed by atoms with Gasteiger partial charge in [-0.2, -0.15) is 11.8 Å². The minimum Gasteiger partial charge on any atom is -0.494 e. The van der Waals surface area contributed by atoms with Crippen molar-refractivity contribution in [2.75, 3.05) is 31.8 Å². The highest BCUT2D eigenvalue weighted by Crippen LogP contribution is 2.23. The Kier molecular flexibility index (Phi) is 6.24. The molecule has 1 fully saturated rings. The molecule has 3 nitrogen and oxygen atoms in total. The molecule has 0 aromatic heterocycles. The van der Waals surface area contributed by atoms with E-state index in [1.54, 1.807) is 0 Å². The van der Waals surface area contributed by atoms with Gasteiger partial charge in [0.25, 0.3) is 0 Å². The van der Waals surface area contributed by atoms with Crippen molar-refractivity contribution >= 4 is 24.3 Å². The van der Waals surface area contributed by atoms with Crippen LogP contribution in [0.25, 0.3) is 0 Å². The molecule has 0 unspecified atom stereocenters. The number of ether oxygens (including phenoxy) is 1. The Morgan fingerprint density at radius 3 is 2.32 bits per heavy atom. The van der Waals surface area contributed by atoms with Crippen LogP contribution in [-0.4, -0.2) is 38.9 Å². The van der Waals surface area contributed by atoms with Crippen LogP contribution in [0.15, 0.2) is 12.1 Å². The number of benzene rings is 1. The molecule has 0 N–H and O–H groups in total. The van der Waals surface area contributed by atoms with Gasteiger partial charge in [-0.1, -0.05) is 13.8 Å². The standard InChI is InChI=1S/C17H27BO3S/c1-13-9-15(19-7-6-8-22-5)10-14(2)16(13)18-20-11-17(3,4)12-21-18/h9-10H,6-8,11-12H2,1-5H3. The topological polar surface area (TPSA) is 27.7 Å². The Morgan fingerprint density at radius 1 is 1.18 bits per heavy atom. The number of hydrogen-bond acceptors (Lipinski definition) is 4. The van der Waals surface area contributed by atoms with Gasteiger partial charge in [0.15, 0.2) is 0 Å². The van der Waals surface area contributed by atoms with Gasteiger partial charge in [-0.05, 0) is 61.0 Å². The average molecular weight is 322 g/mol. The summed E-state index contributed by atoms with van der Waals surface area (Å²) in [5.41, 5.74) is 3.58. The largest absolute Gasteiger partial charge is 0.494 e. The van der Waals surface area contributed by atoms with Gasteiger partial charge in [0.1, 0.15) is 5.75 Å². The van der Waals surface area contributed by atoms with Crippen molar-refractivity contribution in [2.45, 2.75) is 34.1 Å². The first-order valence-electron chi connectivity index (χ1n) is 7.89. The smallest absolute Gasteiger partial charge is 0.494 e. The monoisotopic (exact) mass is 322 g/mol. The van der Waals surface area contributed by atoms with Crippen LogP contribution >= 0.6 is 11.8 Å². The maximum atomic E-state index is 5.93. The second-order valence-corrected chi connectivity index (χ2v) is 7.77. The van der Waals surface area contributed by atoms with E-state index in [9.17, 15) is 0 Å². The molecule has 0 aliphatic carbocycles. The van der Waals surface area contributed by atoms with Gasteiger partial charge in [-0.3, -0.25) is 0 Å². The molecule has 0 bridgehead atoms. The third-order valence-corrected chi connectivity index (χ3v) is 4.51. The molecule has 0 spiro atoms. The first-order chi connectivity index (χ1) is 10.4. The molecular weight excluding hydrogens is 295 g/mol. The van der Waals surface area contributed by atoms with Crippen LogP contribution < -0.4 is 10.2 Å². The first kappa shape index (κ1) is 17.7. The highest BCUT2D eigenvalue weighted by Gasteiger charge is 2.35. The van der Waals surface area contributed by atoms with Crippen molar-refractivity contribution in [2.24, 2.45) is 5.41 Å². The molecular formula is C17H27BO3S. The summed E-state index contributed by atoms with van der Waals surface area (Å²) in [4.78, 5) is 0. The maximum absolute atomic E-state index is 5.93. The zero-order valence-corrected chi connectivity index (χ0v) is 15.2. The van der Waals surface area contributed by atoms with Crippen LogP contribution in [0, 0.1) is 19.3 Å². The van der Waals surface area contributed by atoms with Crippen molar-refractivity contribution in [3.05, 3.63) is 23.3 Å². The summed E-state index contributed by atoms with van der Waals surface area (Å²) in [5, 5.41) is 0. The lowest BCUT2D eigenvalue weighted by Gasteiger charge is -2.34. The Balaban J connectivity index is 2.04. The van der Waals surface area contributed by atoms with Crippen molar-refractivity contribution < 1.29 is 14.0 Å². The maximum Gasteiger partial charge on any atom is 0.494 e. The average Bonchev–Trinajstić information content (AvgIpc) is 2.45. The lowest BCUT2D eigenvalue weighted by molar-refractivity contribution is 0.0342. The highest BCUT2D eigenvalue weighted by atomic mass is 32.2. The third-order valence-electron chi connectivity index (χ3n) is 3.82. The van der Waals surface area contributed by atoms with Crippen LogP contribution in [0.4, 0.5) is 0 Å².